The predicted octanol–water partition coefficient (Wildman–Crippen LogP) is 3.45. The minimum absolute atomic E-state index is 0.186. The predicted molar refractivity (Wildman–Crippen MR) is 65.0 cm³/mol. The van der Waals surface area contributed by atoms with E-state index in [1.165, 1.54) is 0 Å². The van der Waals surface area contributed by atoms with E-state index in [4.69, 9.17) is 27.9 Å². The minimum Gasteiger partial charge on any atom is -0.388 e. The van der Waals surface area contributed by atoms with E-state index >= 15 is 0 Å². The van der Waals surface area contributed by atoms with Crippen LogP contribution < -0.4 is 0 Å². The molecule has 0 radical (unpaired) electrons. The lowest BCUT2D eigenvalue weighted by Crippen LogP contribution is -2.22. The third-order valence-electron chi connectivity index (χ3n) is 3.01. The summed E-state index contributed by atoms with van der Waals surface area (Å²) < 4.78 is 5.27. The molecular weight excluding hydrogens is 247 g/mol. The summed E-state index contributed by atoms with van der Waals surface area (Å²) in [6.07, 6.45) is 1.11. The van der Waals surface area contributed by atoms with Gasteiger partial charge in [-0.2, -0.15) is 0 Å². The van der Waals surface area contributed by atoms with Gasteiger partial charge in [-0.3, -0.25) is 0 Å². The molecule has 0 amide bonds. The summed E-state index contributed by atoms with van der Waals surface area (Å²) in [6, 6.07) is 5.29. The minimum atomic E-state index is -0.593. The molecule has 1 fully saturated rings. The number of aliphatic hydroxyl groups is 1. The van der Waals surface area contributed by atoms with Crippen molar-refractivity contribution >= 4 is 23.2 Å². The molecule has 16 heavy (non-hydrogen) atoms. The van der Waals surface area contributed by atoms with Crippen LogP contribution in [0, 0.1) is 5.92 Å². The SMILES string of the molecule is O[C@H](c1c(Cl)cccc1Cl)C1CCOCC1. The maximum Gasteiger partial charge on any atom is 0.0848 e. The van der Waals surface area contributed by atoms with Gasteiger partial charge < -0.3 is 9.84 Å². The zero-order chi connectivity index (χ0) is 11.5. The van der Waals surface area contributed by atoms with E-state index in [1.807, 2.05) is 0 Å². The van der Waals surface area contributed by atoms with Gasteiger partial charge in [-0.05, 0) is 30.9 Å². The summed E-state index contributed by atoms with van der Waals surface area (Å²) in [7, 11) is 0. The number of aliphatic hydroxyl groups excluding tert-OH is 1. The highest BCUT2D eigenvalue weighted by atomic mass is 35.5. The lowest BCUT2D eigenvalue weighted by molar-refractivity contribution is 0.00726. The molecule has 2 rings (SSSR count). The molecule has 1 aliphatic heterocycles. The molecule has 0 bridgehead atoms. The van der Waals surface area contributed by atoms with Crippen LogP contribution in [0.4, 0.5) is 0 Å². The van der Waals surface area contributed by atoms with Crippen LogP contribution in [0.5, 0.6) is 0 Å². The molecule has 0 aliphatic carbocycles. The first-order valence-corrected chi connectivity index (χ1v) is 6.15. The molecule has 1 aromatic carbocycles. The summed E-state index contributed by atoms with van der Waals surface area (Å²) in [5.74, 6) is 0.186. The zero-order valence-corrected chi connectivity index (χ0v) is 10.3. The Bertz CT molecular complexity index is 342. The molecule has 1 aromatic rings. The van der Waals surface area contributed by atoms with E-state index < -0.39 is 6.10 Å². The maximum absolute atomic E-state index is 10.3. The fourth-order valence-corrected chi connectivity index (χ4v) is 2.68. The molecule has 0 spiro atoms. The Morgan fingerprint density at radius 3 is 2.31 bits per heavy atom. The monoisotopic (exact) mass is 260 g/mol. The Morgan fingerprint density at radius 1 is 1.19 bits per heavy atom. The van der Waals surface area contributed by atoms with E-state index in [0.29, 0.717) is 28.8 Å². The van der Waals surface area contributed by atoms with Crippen LogP contribution >= 0.6 is 23.2 Å². The number of halogens is 2. The summed E-state index contributed by atoms with van der Waals surface area (Å²) in [5, 5.41) is 11.4. The molecule has 1 saturated heterocycles. The molecule has 0 aromatic heterocycles. The van der Waals surface area contributed by atoms with Crippen LogP contribution in [0.2, 0.25) is 10.0 Å². The van der Waals surface area contributed by atoms with Crippen molar-refractivity contribution in [2.24, 2.45) is 5.92 Å². The van der Waals surface area contributed by atoms with Gasteiger partial charge >= 0.3 is 0 Å². The number of hydrogen-bond donors (Lipinski definition) is 1. The van der Waals surface area contributed by atoms with Gasteiger partial charge in [0.2, 0.25) is 0 Å². The fraction of sp³-hybridized carbons (Fsp3) is 0.500. The van der Waals surface area contributed by atoms with Crippen molar-refractivity contribution in [3.8, 4) is 0 Å². The van der Waals surface area contributed by atoms with Gasteiger partial charge in [-0.1, -0.05) is 29.3 Å². The molecule has 2 nitrogen and oxygen atoms in total. The van der Waals surface area contributed by atoms with Gasteiger partial charge in [-0.25, -0.2) is 0 Å². The highest BCUT2D eigenvalue weighted by molar-refractivity contribution is 6.36. The summed E-state index contributed by atoms with van der Waals surface area (Å²) in [4.78, 5) is 0. The number of benzene rings is 1. The summed E-state index contributed by atoms with van der Waals surface area (Å²) in [5.41, 5.74) is 0.651. The Kier molecular flexibility index (Phi) is 4.09. The number of hydrogen-bond acceptors (Lipinski definition) is 2. The van der Waals surface area contributed by atoms with Gasteiger partial charge in [0.1, 0.15) is 0 Å². The number of rotatable bonds is 2. The standard InChI is InChI=1S/C12H14Cl2O2/c13-9-2-1-3-10(14)11(9)12(15)8-4-6-16-7-5-8/h1-3,8,12,15H,4-7H2/t12-/m0/s1. The first kappa shape index (κ1) is 12.2. The first-order valence-electron chi connectivity index (χ1n) is 5.40. The van der Waals surface area contributed by atoms with Crippen molar-refractivity contribution in [2.45, 2.75) is 18.9 Å². The van der Waals surface area contributed by atoms with E-state index in [9.17, 15) is 5.11 Å². The lowest BCUT2D eigenvalue weighted by Gasteiger charge is -2.27. The quantitative estimate of drug-likeness (QED) is 0.883. The van der Waals surface area contributed by atoms with Gasteiger partial charge in [0.25, 0.3) is 0 Å². The Balaban J connectivity index is 2.22. The van der Waals surface area contributed by atoms with Crippen LogP contribution in [0.3, 0.4) is 0 Å². The van der Waals surface area contributed by atoms with Crippen LogP contribution in [-0.4, -0.2) is 18.3 Å². The molecule has 1 aliphatic rings. The largest absolute Gasteiger partial charge is 0.388 e. The average Bonchev–Trinajstić information content (AvgIpc) is 2.30. The first-order chi connectivity index (χ1) is 7.70. The molecule has 1 N–H and O–H groups in total. The molecule has 0 unspecified atom stereocenters. The average molecular weight is 261 g/mol. The molecule has 88 valence electrons. The summed E-state index contributed by atoms with van der Waals surface area (Å²) >= 11 is 12.1. The van der Waals surface area contributed by atoms with E-state index in [1.54, 1.807) is 18.2 Å². The number of ether oxygens (including phenoxy) is 1. The van der Waals surface area contributed by atoms with Crippen LogP contribution in [0.15, 0.2) is 18.2 Å². The highest BCUT2D eigenvalue weighted by Gasteiger charge is 2.26. The normalized spacial score (nSPS) is 19.7. The van der Waals surface area contributed by atoms with Gasteiger partial charge in [0.15, 0.2) is 0 Å². The van der Waals surface area contributed by atoms with Crippen molar-refractivity contribution in [3.63, 3.8) is 0 Å². The van der Waals surface area contributed by atoms with E-state index in [-0.39, 0.29) is 5.92 Å². The van der Waals surface area contributed by atoms with Crippen molar-refractivity contribution in [3.05, 3.63) is 33.8 Å². The third kappa shape index (κ3) is 2.51. The maximum atomic E-state index is 10.3. The van der Waals surface area contributed by atoms with Crippen molar-refractivity contribution in [1.82, 2.24) is 0 Å². The third-order valence-corrected chi connectivity index (χ3v) is 3.67. The van der Waals surface area contributed by atoms with Crippen molar-refractivity contribution in [2.75, 3.05) is 13.2 Å². The Labute approximate surface area is 105 Å². The topological polar surface area (TPSA) is 29.5 Å². The van der Waals surface area contributed by atoms with E-state index in [0.717, 1.165) is 12.8 Å². The van der Waals surface area contributed by atoms with Crippen molar-refractivity contribution < 1.29 is 9.84 Å². The lowest BCUT2D eigenvalue weighted by atomic mass is 9.89. The zero-order valence-electron chi connectivity index (χ0n) is 8.83. The van der Waals surface area contributed by atoms with Crippen LogP contribution in [-0.2, 0) is 4.74 Å². The molecule has 4 heteroatoms. The Morgan fingerprint density at radius 2 is 1.75 bits per heavy atom. The van der Waals surface area contributed by atoms with E-state index in [2.05, 4.69) is 0 Å². The second-order valence-electron chi connectivity index (χ2n) is 4.03. The van der Waals surface area contributed by atoms with Crippen LogP contribution in [0.1, 0.15) is 24.5 Å². The molecule has 1 heterocycles. The second kappa shape index (κ2) is 5.37. The fourth-order valence-electron chi connectivity index (χ4n) is 2.06. The molecule has 0 saturated carbocycles. The molecular formula is C12H14Cl2O2. The molecule has 1 atom stereocenters. The van der Waals surface area contributed by atoms with Crippen LogP contribution in [0.25, 0.3) is 0 Å². The van der Waals surface area contributed by atoms with Gasteiger partial charge in [-0.15, -0.1) is 0 Å². The smallest absolute Gasteiger partial charge is 0.0848 e. The van der Waals surface area contributed by atoms with Gasteiger partial charge in [0.05, 0.1) is 6.10 Å². The van der Waals surface area contributed by atoms with Crippen molar-refractivity contribution in [1.29, 1.82) is 0 Å². The summed E-state index contributed by atoms with van der Waals surface area (Å²) in [6.45, 7) is 1.40. The van der Waals surface area contributed by atoms with Gasteiger partial charge in [0, 0.05) is 28.8 Å². The Hall–Kier alpha value is -0.280. The second-order valence-corrected chi connectivity index (χ2v) is 4.84. The highest BCUT2D eigenvalue weighted by Crippen LogP contribution is 2.37.